The Hall–Kier alpha value is -3.26. The van der Waals surface area contributed by atoms with Crippen molar-refractivity contribution in [2.45, 2.75) is 20.4 Å². The molecule has 3 aromatic rings. The van der Waals surface area contributed by atoms with Gasteiger partial charge in [-0.1, -0.05) is 6.07 Å². The average Bonchev–Trinajstić information content (AvgIpc) is 3.12. The van der Waals surface area contributed by atoms with Crippen molar-refractivity contribution in [1.29, 1.82) is 5.41 Å². The Labute approximate surface area is 166 Å². The number of hydrogen-bond donors (Lipinski definition) is 2. The molecule has 0 fully saturated rings. The summed E-state index contributed by atoms with van der Waals surface area (Å²) in [6.45, 7) is 4.84. The Bertz CT molecular complexity index is 1040. The van der Waals surface area contributed by atoms with E-state index < -0.39 is 0 Å². The van der Waals surface area contributed by atoms with Gasteiger partial charge in [-0.25, -0.2) is 5.43 Å². The molecular weight excluding hydrogens is 374 g/mol. The van der Waals surface area contributed by atoms with Crippen molar-refractivity contribution in [3.8, 4) is 5.75 Å². The van der Waals surface area contributed by atoms with Crippen LogP contribution in [0.15, 0.2) is 59.3 Å². The molecule has 7 nitrogen and oxygen atoms in total. The van der Waals surface area contributed by atoms with Gasteiger partial charge in [-0.05, 0) is 49.7 Å². The first-order valence-corrected chi connectivity index (χ1v) is 9.66. The molecule has 0 spiro atoms. The molecule has 1 aromatic carbocycles. The molecule has 8 heteroatoms. The lowest BCUT2D eigenvalue weighted by Gasteiger charge is -2.13. The zero-order valence-corrected chi connectivity index (χ0v) is 16.5. The molecule has 2 heterocycles. The van der Waals surface area contributed by atoms with Crippen LogP contribution in [0, 0.1) is 5.41 Å². The first kappa shape index (κ1) is 19.5. The summed E-state index contributed by atoms with van der Waals surface area (Å²) < 4.78 is 7.58. The number of carbonyl (C=O) groups excluding carboxylic acids is 1. The van der Waals surface area contributed by atoms with Gasteiger partial charge in [-0.2, -0.15) is 5.10 Å². The highest BCUT2D eigenvalue weighted by Crippen LogP contribution is 2.22. The number of amides is 1. The summed E-state index contributed by atoms with van der Waals surface area (Å²) in [5.74, 6) is 0.411. The van der Waals surface area contributed by atoms with Gasteiger partial charge in [0, 0.05) is 23.3 Å². The fourth-order valence-corrected chi connectivity index (χ4v) is 3.19. The fraction of sp³-hybridized carbons (Fsp3) is 0.200. The molecule has 2 aromatic heterocycles. The summed E-state index contributed by atoms with van der Waals surface area (Å²) in [5, 5.41) is 14.0. The van der Waals surface area contributed by atoms with Crippen LogP contribution in [0.3, 0.4) is 0 Å². The predicted molar refractivity (Wildman–Crippen MR) is 109 cm³/mol. The fourth-order valence-electron chi connectivity index (χ4n) is 2.59. The molecule has 28 heavy (non-hydrogen) atoms. The molecule has 0 aliphatic rings. The number of benzene rings is 1. The zero-order valence-electron chi connectivity index (χ0n) is 15.7. The SMILES string of the molecule is CCOc1ccc(/C(C)=N\NC(=O)c2ccccn2)cc1Cn1ccsc1=N. The number of thiazole rings is 1. The van der Waals surface area contributed by atoms with Gasteiger partial charge in [-0.3, -0.25) is 15.2 Å². The van der Waals surface area contributed by atoms with Crippen molar-refractivity contribution in [1.82, 2.24) is 15.0 Å². The third kappa shape index (κ3) is 4.72. The standard InChI is InChI=1S/C20H21N5O2S/c1-3-27-18-8-7-15(12-16(18)13-25-10-11-28-20(25)21)14(2)23-24-19(26)17-6-4-5-9-22-17/h4-12,21H,3,13H2,1-2H3,(H,24,26)/b21-20?,23-14-. The Morgan fingerprint density at radius 2 is 2.21 bits per heavy atom. The normalized spacial score (nSPS) is 11.3. The second-order valence-electron chi connectivity index (χ2n) is 5.94. The predicted octanol–water partition coefficient (Wildman–Crippen LogP) is 3.03. The number of pyridine rings is 1. The van der Waals surface area contributed by atoms with Crippen molar-refractivity contribution < 1.29 is 9.53 Å². The van der Waals surface area contributed by atoms with E-state index in [9.17, 15) is 4.79 Å². The summed E-state index contributed by atoms with van der Waals surface area (Å²) in [6, 6.07) is 10.9. The van der Waals surface area contributed by atoms with Crippen LogP contribution in [-0.4, -0.2) is 27.8 Å². The van der Waals surface area contributed by atoms with Crippen LogP contribution in [0.4, 0.5) is 0 Å². The molecule has 0 atom stereocenters. The van der Waals surface area contributed by atoms with Crippen LogP contribution in [-0.2, 0) is 6.54 Å². The van der Waals surface area contributed by atoms with Crippen LogP contribution in [0.25, 0.3) is 0 Å². The molecule has 2 N–H and O–H groups in total. The van der Waals surface area contributed by atoms with Crippen LogP contribution in [0.1, 0.15) is 35.5 Å². The summed E-state index contributed by atoms with van der Waals surface area (Å²) in [5.41, 5.74) is 5.31. The van der Waals surface area contributed by atoms with E-state index in [4.69, 9.17) is 10.1 Å². The molecule has 0 unspecified atom stereocenters. The van der Waals surface area contributed by atoms with E-state index in [1.54, 1.807) is 24.4 Å². The van der Waals surface area contributed by atoms with Crippen molar-refractivity contribution in [2.24, 2.45) is 5.10 Å². The summed E-state index contributed by atoms with van der Waals surface area (Å²) in [6.07, 6.45) is 3.44. The molecule has 144 valence electrons. The van der Waals surface area contributed by atoms with Crippen LogP contribution in [0.5, 0.6) is 5.75 Å². The second-order valence-corrected chi connectivity index (χ2v) is 6.84. The molecule has 0 saturated carbocycles. The Balaban J connectivity index is 1.82. The molecule has 1 amide bonds. The maximum Gasteiger partial charge on any atom is 0.289 e. The topological polar surface area (TPSA) is 92.4 Å². The first-order valence-electron chi connectivity index (χ1n) is 8.78. The molecule has 0 saturated heterocycles. The summed E-state index contributed by atoms with van der Waals surface area (Å²) in [4.78, 5) is 16.6. The quantitative estimate of drug-likeness (QED) is 0.476. The van der Waals surface area contributed by atoms with Crippen molar-refractivity contribution in [2.75, 3.05) is 6.61 Å². The smallest absolute Gasteiger partial charge is 0.289 e. The third-order valence-corrected chi connectivity index (χ3v) is 4.74. The van der Waals surface area contributed by atoms with Gasteiger partial charge in [0.2, 0.25) is 0 Å². The largest absolute Gasteiger partial charge is 0.494 e. The van der Waals surface area contributed by atoms with Crippen LogP contribution >= 0.6 is 11.3 Å². The van der Waals surface area contributed by atoms with Gasteiger partial charge in [0.25, 0.3) is 5.91 Å². The van der Waals surface area contributed by atoms with E-state index in [-0.39, 0.29) is 5.91 Å². The summed E-state index contributed by atoms with van der Waals surface area (Å²) >= 11 is 1.37. The number of hydrazone groups is 1. The van der Waals surface area contributed by atoms with E-state index in [0.717, 1.165) is 16.9 Å². The Morgan fingerprint density at radius 1 is 1.36 bits per heavy atom. The highest BCUT2D eigenvalue weighted by Gasteiger charge is 2.10. The van der Waals surface area contributed by atoms with Crippen molar-refractivity contribution in [3.05, 3.63) is 75.8 Å². The highest BCUT2D eigenvalue weighted by molar-refractivity contribution is 7.06. The molecule has 3 rings (SSSR count). The maximum absolute atomic E-state index is 12.1. The monoisotopic (exact) mass is 395 g/mol. The number of carbonyl (C=O) groups is 1. The molecule has 0 aliphatic heterocycles. The molecule has 0 radical (unpaired) electrons. The molecular formula is C20H21N5O2S. The minimum atomic E-state index is -0.362. The number of aromatic nitrogens is 2. The van der Waals surface area contributed by atoms with Gasteiger partial charge >= 0.3 is 0 Å². The Kier molecular flexibility index (Phi) is 6.33. The van der Waals surface area contributed by atoms with E-state index >= 15 is 0 Å². The van der Waals surface area contributed by atoms with Crippen molar-refractivity contribution >= 4 is 23.0 Å². The van der Waals surface area contributed by atoms with Crippen LogP contribution < -0.4 is 15.0 Å². The number of nitrogens with one attached hydrogen (secondary N) is 2. The number of ether oxygens (including phenoxy) is 1. The lowest BCUT2D eigenvalue weighted by molar-refractivity contribution is 0.0950. The lowest BCUT2D eigenvalue weighted by Crippen LogP contribution is -2.20. The molecule has 0 bridgehead atoms. The van der Waals surface area contributed by atoms with Crippen molar-refractivity contribution in [3.63, 3.8) is 0 Å². The summed E-state index contributed by atoms with van der Waals surface area (Å²) in [7, 11) is 0. The van der Waals surface area contributed by atoms with Gasteiger partial charge < -0.3 is 9.30 Å². The lowest BCUT2D eigenvalue weighted by atomic mass is 10.1. The number of nitrogens with zero attached hydrogens (tertiary/aromatic N) is 3. The maximum atomic E-state index is 12.1. The number of hydrogen-bond acceptors (Lipinski definition) is 6. The zero-order chi connectivity index (χ0) is 19.9. The van der Waals surface area contributed by atoms with Gasteiger partial charge in [0.15, 0.2) is 4.80 Å². The van der Waals surface area contributed by atoms with E-state index in [0.29, 0.717) is 29.4 Å². The minimum absolute atomic E-state index is 0.309. The van der Waals surface area contributed by atoms with E-state index in [1.807, 2.05) is 48.2 Å². The Morgan fingerprint density at radius 3 is 2.89 bits per heavy atom. The highest BCUT2D eigenvalue weighted by atomic mass is 32.1. The average molecular weight is 395 g/mol. The van der Waals surface area contributed by atoms with Crippen LogP contribution in [0.2, 0.25) is 0 Å². The van der Waals surface area contributed by atoms with Gasteiger partial charge in [0.05, 0.1) is 18.9 Å². The first-order chi connectivity index (χ1) is 13.6. The minimum Gasteiger partial charge on any atom is -0.494 e. The van der Waals surface area contributed by atoms with Gasteiger partial charge in [0.1, 0.15) is 11.4 Å². The van der Waals surface area contributed by atoms with E-state index in [1.165, 1.54) is 11.3 Å². The second kappa shape index (κ2) is 9.09. The molecule has 0 aliphatic carbocycles. The van der Waals surface area contributed by atoms with Gasteiger partial charge in [-0.15, -0.1) is 11.3 Å². The number of rotatable bonds is 7. The third-order valence-electron chi connectivity index (χ3n) is 4.02. The van der Waals surface area contributed by atoms with E-state index in [2.05, 4.69) is 15.5 Å².